The number of aryl methyl sites for hydroxylation is 1. The number of anilines is 9. The number of aromatic nitrogens is 1. The zero-order valence-corrected chi connectivity index (χ0v) is 37.1. The summed E-state index contributed by atoms with van der Waals surface area (Å²) < 4.78 is 0. The minimum absolute atomic E-state index is 0.00288. The molecule has 4 nitrogen and oxygen atoms in total. The van der Waals surface area contributed by atoms with Gasteiger partial charge in [-0.3, -0.25) is 9.80 Å². The van der Waals surface area contributed by atoms with E-state index in [-0.39, 0.29) is 12.1 Å². The maximum Gasteiger partial charge on any atom is 0.254 e. The van der Waals surface area contributed by atoms with Crippen LogP contribution in [0.4, 0.5) is 51.4 Å². The molecule has 0 unspecified atom stereocenters. The quantitative estimate of drug-likeness (QED) is 0.123. The van der Waals surface area contributed by atoms with Crippen molar-refractivity contribution in [2.75, 3.05) is 14.7 Å². The zero-order chi connectivity index (χ0) is 43.8. The molecule has 9 aromatic carbocycles. The van der Waals surface area contributed by atoms with Gasteiger partial charge in [-0.25, -0.2) is 4.98 Å². The molecule has 0 aliphatic carbocycles. The fourth-order valence-corrected chi connectivity index (χ4v) is 10.5. The van der Waals surface area contributed by atoms with Gasteiger partial charge in [0.1, 0.15) is 11.6 Å². The Hall–Kier alpha value is -7.89. The smallest absolute Gasteiger partial charge is 0.254 e. The van der Waals surface area contributed by atoms with Crippen LogP contribution in [0.25, 0.3) is 32.7 Å². The van der Waals surface area contributed by atoms with Crippen LogP contribution in [0, 0.1) is 6.92 Å². The van der Waals surface area contributed by atoms with E-state index in [0.29, 0.717) is 0 Å². The fourth-order valence-electron chi connectivity index (χ4n) is 10.5. The van der Waals surface area contributed by atoms with Crippen LogP contribution in [0.2, 0.25) is 0 Å². The summed E-state index contributed by atoms with van der Waals surface area (Å²) in [6.45, 7) is 9.01. The highest BCUT2D eigenvalue weighted by Crippen LogP contribution is 2.49. The van der Waals surface area contributed by atoms with Gasteiger partial charge in [0.25, 0.3) is 6.71 Å². The molecule has 0 fully saturated rings. The Bertz CT molecular complexity index is 3380. The van der Waals surface area contributed by atoms with Gasteiger partial charge in [0, 0.05) is 44.9 Å². The van der Waals surface area contributed by atoms with Crippen LogP contribution in [0.15, 0.2) is 212 Å². The first-order valence-corrected chi connectivity index (χ1v) is 22.7. The van der Waals surface area contributed by atoms with E-state index < -0.39 is 0 Å². The van der Waals surface area contributed by atoms with Crippen LogP contribution < -0.4 is 31.1 Å². The molecule has 1 aromatic heterocycles. The van der Waals surface area contributed by atoms with E-state index in [0.717, 1.165) is 50.8 Å². The lowest BCUT2D eigenvalue weighted by Gasteiger charge is -2.44. The number of nitrogens with zero attached hydrogens (tertiary/aromatic N) is 4. The Morgan fingerprint density at radius 1 is 0.477 bits per heavy atom. The molecule has 2 aliphatic heterocycles. The normalized spacial score (nSPS) is 12.8. The van der Waals surface area contributed by atoms with Crippen molar-refractivity contribution in [2.24, 2.45) is 0 Å². The second kappa shape index (κ2) is 15.1. The average molecular weight is 835 g/mol. The SMILES string of the molecule is Cc1cc2c3c(c1)N(c1ccccc1)c1nc(N(c4ccc(C(C)(C)C)cc4)c4c5ccccc5c(-c5ccccc5)c5ccccc45)ccc1B3c1ccccc1N2c1ccccc1. The van der Waals surface area contributed by atoms with E-state index >= 15 is 0 Å². The van der Waals surface area contributed by atoms with Crippen LogP contribution in [-0.4, -0.2) is 11.7 Å². The van der Waals surface area contributed by atoms with E-state index in [9.17, 15) is 0 Å². The molecule has 0 amide bonds. The molecule has 0 bridgehead atoms. The molecular formula is C60H47BN4. The Balaban J connectivity index is 1.16. The van der Waals surface area contributed by atoms with Crippen molar-refractivity contribution in [1.82, 2.24) is 4.98 Å². The maximum absolute atomic E-state index is 5.96. The van der Waals surface area contributed by atoms with Gasteiger partial charge in [-0.2, -0.15) is 0 Å². The predicted octanol–water partition coefficient (Wildman–Crippen LogP) is 14.2. The first-order chi connectivity index (χ1) is 31.8. The third kappa shape index (κ3) is 6.25. The molecular weight excluding hydrogens is 787 g/mol. The van der Waals surface area contributed by atoms with Gasteiger partial charge in [-0.1, -0.05) is 172 Å². The van der Waals surface area contributed by atoms with Crippen LogP contribution in [0.3, 0.4) is 0 Å². The highest BCUT2D eigenvalue weighted by atomic mass is 15.3. The summed E-state index contributed by atoms with van der Waals surface area (Å²) in [5, 5.41) is 4.73. The Kier molecular flexibility index (Phi) is 9.03. The summed E-state index contributed by atoms with van der Waals surface area (Å²) in [6, 6.07) is 77.6. The number of pyridine rings is 1. The van der Waals surface area contributed by atoms with Gasteiger partial charge < -0.3 is 4.90 Å². The van der Waals surface area contributed by atoms with Crippen molar-refractivity contribution in [3.63, 3.8) is 0 Å². The lowest BCUT2D eigenvalue weighted by Crippen LogP contribution is -2.61. The van der Waals surface area contributed by atoms with E-state index in [4.69, 9.17) is 4.98 Å². The summed E-state index contributed by atoms with van der Waals surface area (Å²) in [6.07, 6.45) is 0. The molecule has 2 aliphatic rings. The fraction of sp³-hybridized carbons (Fsp3) is 0.0833. The molecule has 0 N–H and O–H groups in total. The van der Waals surface area contributed by atoms with Crippen LogP contribution in [-0.2, 0) is 5.41 Å². The van der Waals surface area contributed by atoms with E-state index in [1.54, 1.807) is 0 Å². The van der Waals surface area contributed by atoms with Crippen molar-refractivity contribution in [2.45, 2.75) is 33.1 Å². The van der Waals surface area contributed by atoms with Crippen molar-refractivity contribution in [3.05, 3.63) is 223 Å². The summed E-state index contributed by atoms with van der Waals surface area (Å²) in [5.41, 5.74) is 16.5. The number of benzene rings is 9. The highest BCUT2D eigenvalue weighted by molar-refractivity contribution is 7.00. The molecule has 12 rings (SSSR count). The third-order valence-electron chi connectivity index (χ3n) is 13.4. The molecule has 5 heteroatoms. The zero-order valence-electron chi connectivity index (χ0n) is 37.1. The second-order valence-electron chi connectivity index (χ2n) is 18.4. The molecule has 0 radical (unpaired) electrons. The maximum atomic E-state index is 5.96. The van der Waals surface area contributed by atoms with Crippen LogP contribution >= 0.6 is 0 Å². The standard InChI is InChI=1S/C60H47BN4/c1-40-38-53-57-54(39-40)64(44-24-12-7-13-25-44)59-51(61(57)50-30-18-19-31-52(50)63(53)43-22-10-6-11-23-43)36-37-55(62-59)65(45-34-32-42(33-35-45)60(2,3)4)58-48-28-16-14-26-46(48)56(41-20-8-5-9-21-41)47-27-15-17-29-49(47)58/h5-39H,1-4H3. The van der Waals surface area contributed by atoms with Crippen LogP contribution in [0.1, 0.15) is 31.9 Å². The van der Waals surface area contributed by atoms with E-state index in [1.807, 2.05) is 0 Å². The van der Waals surface area contributed by atoms with Crippen molar-refractivity contribution in [3.8, 4) is 11.1 Å². The summed E-state index contributed by atoms with van der Waals surface area (Å²) in [7, 11) is 0. The highest BCUT2D eigenvalue weighted by Gasteiger charge is 2.44. The lowest BCUT2D eigenvalue weighted by atomic mass is 9.33. The van der Waals surface area contributed by atoms with Gasteiger partial charge in [0.2, 0.25) is 0 Å². The van der Waals surface area contributed by atoms with Crippen molar-refractivity contribution in [1.29, 1.82) is 0 Å². The van der Waals surface area contributed by atoms with Crippen molar-refractivity contribution >= 4 is 96.1 Å². The number of hydrogen-bond donors (Lipinski definition) is 0. The molecule has 10 aromatic rings. The molecule has 0 saturated carbocycles. The molecule has 0 saturated heterocycles. The Morgan fingerprint density at radius 3 is 1.62 bits per heavy atom. The number of rotatable bonds is 6. The molecule has 0 spiro atoms. The number of para-hydroxylation sites is 3. The van der Waals surface area contributed by atoms with Crippen molar-refractivity contribution < 1.29 is 0 Å². The Morgan fingerprint density at radius 2 is 1.00 bits per heavy atom. The molecule has 3 heterocycles. The first-order valence-electron chi connectivity index (χ1n) is 22.7. The average Bonchev–Trinajstić information content (AvgIpc) is 3.34. The predicted molar refractivity (Wildman–Crippen MR) is 277 cm³/mol. The minimum Gasteiger partial charge on any atom is -0.311 e. The van der Waals surface area contributed by atoms with E-state index in [2.05, 4.69) is 255 Å². The lowest BCUT2D eigenvalue weighted by molar-refractivity contribution is 0.590. The first kappa shape index (κ1) is 38.8. The van der Waals surface area contributed by atoms with Gasteiger partial charge >= 0.3 is 0 Å². The summed E-state index contributed by atoms with van der Waals surface area (Å²) in [4.78, 5) is 13.2. The molecule has 0 atom stereocenters. The largest absolute Gasteiger partial charge is 0.311 e. The second-order valence-corrected chi connectivity index (χ2v) is 18.4. The van der Waals surface area contributed by atoms with Gasteiger partial charge in [-0.15, -0.1) is 0 Å². The summed E-state index contributed by atoms with van der Waals surface area (Å²) in [5.74, 6) is 1.78. The number of fused-ring (bicyclic) bond motifs is 6. The molecule has 65 heavy (non-hydrogen) atoms. The summed E-state index contributed by atoms with van der Waals surface area (Å²) >= 11 is 0. The van der Waals surface area contributed by atoms with Gasteiger partial charge in [0.05, 0.1) is 5.69 Å². The van der Waals surface area contributed by atoms with E-state index in [1.165, 1.54) is 60.8 Å². The third-order valence-corrected chi connectivity index (χ3v) is 13.4. The number of hydrogen-bond acceptors (Lipinski definition) is 4. The van der Waals surface area contributed by atoms with Gasteiger partial charge in [0.15, 0.2) is 0 Å². The molecule has 310 valence electrons. The monoisotopic (exact) mass is 834 g/mol. The topological polar surface area (TPSA) is 22.6 Å². The van der Waals surface area contributed by atoms with Gasteiger partial charge in [-0.05, 0) is 122 Å². The Labute approximate surface area is 381 Å². The minimum atomic E-state index is -0.0420. The van der Waals surface area contributed by atoms with Crippen LogP contribution in [0.5, 0.6) is 0 Å².